The van der Waals surface area contributed by atoms with Crippen molar-refractivity contribution in [3.05, 3.63) is 94.0 Å². The van der Waals surface area contributed by atoms with Gasteiger partial charge in [0.05, 0.1) is 9.82 Å². The summed E-state index contributed by atoms with van der Waals surface area (Å²) in [5.74, 6) is -0.221. The minimum Gasteiger partial charge on any atom is -0.333 e. The third-order valence-electron chi connectivity index (χ3n) is 6.75. The summed E-state index contributed by atoms with van der Waals surface area (Å²) in [5.41, 5.74) is 4.02. The summed E-state index contributed by atoms with van der Waals surface area (Å²) in [5, 5.41) is 11.0. The van der Waals surface area contributed by atoms with Crippen LogP contribution in [0.1, 0.15) is 30.4 Å². The number of fused-ring (bicyclic) bond motifs is 3. The van der Waals surface area contributed by atoms with Crippen LogP contribution >= 0.6 is 0 Å². The molecular weight excluding hydrogens is 466 g/mol. The van der Waals surface area contributed by atoms with Crippen molar-refractivity contribution in [3.63, 3.8) is 0 Å². The summed E-state index contributed by atoms with van der Waals surface area (Å²) in [4.78, 5) is 26.0. The van der Waals surface area contributed by atoms with E-state index < -0.39 is 21.0 Å². The minimum absolute atomic E-state index is 0.0469. The molecule has 1 atom stereocenters. The molecule has 0 radical (unpaired) electrons. The van der Waals surface area contributed by atoms with Crippen LogP contribution in [0.25, 0.3) is 11.1 Å². The number of rotatable bonds is 4. The molecular formula is C26H25N3O5S. The number of nitro benzene ring substituents is 1. The van der Waals surface area contributed by atoms with E-state index in [1.807, 2.05) is 48.5 Å². The number of amides is 1. The van der Waals surface area contributed by atoms with E-state index in [2.05, 4.69) is 0 Å². The van der Waals surface area contributed by atoms with Gasteiger partial charge in [-0.3, -0.25) is 14.9 Å². The number of carbonyl (C=O) groups is 1. The van der Waals surface area contributed by atoms with E-state index in [4.69, 9.17) is 0 Å². The number of hydrogen-bond donors (Lipinski definition) is 0. The van der Waals surface area contributed by atoms with E-state index >= 15 is 0 Å². The van der Waals surface area contributed by atoms with Crippen molar-refractivity contribution >= 4 is 21.6 Å². The quantitative estimate of drug-likeness (QED) is 0.399. The lowest BCUT2D eigenvalue weighted by Gasteiger charge is -2.36. The molecule has 1 amide bonds. The monoisotopic (exact) mass is 491 g/mol. The number of carbonyl (C=O) groups excluding carboxylic acids is 1. The predicted octanol–water partition coefficient (Wildman–Crippen LogP) is 4.35. The Bertz CT molecular complexity index is 1340. The van der Waals surface area contributed by atoms with Gasteiger partial charge in [0.2, 0.25) is 15.9 Å². The van der Waals surface area contributed by atoms with Gasteiger partial charge in [-0.1, -0.05) is 55.0 Å². The maximum Gasteiger partial charge on any atom is 0.269 e. The highest BCUT2D eigenvalue weighted by atomic mass is 32.2. The van der Waals surface area contributed by atoms with Crippen LogP contribution < -0.4 is 0 Å². The number of nitrogens with zero attached hydrogens (tertiary/aromatic N) is 3. The van der Waals surface area contributed by atoms with Crippen molar-refractivity contribution in [2.45, 2.75) is 43.3 Å². The Hall–Kier alpha value is -3.56. The molecule has 0 aromatic heterocycles. The van der Waals surface area contributed by atoms with Crippen LogP contribution in [0.2, 0.25) is 0 Å². The molecule has 9 heteroatoms. The van der Waals surface area contributed by atoms with E-state index in [-0.39, 0.29) is 23.0 Å². The Morgan fingerprint density at radius 2 is 1.43 bits per heavy atom. The summed E-state index contributed by atoms with van der Waals surface area (Å²) in [6.45, 7) is 1.02. The summed E-state index contributed by atoms with van der Waals surface area (Å²) >= 11 is 0. The molecule has 0 aliphatic carbocycles. The lowest BCUT2D eigenvalue weighted by molar-refractivity contribution is -0.384. The molecule has 1 fully saturated rings. The van der Waals surface area contributed by atoms with Crippen LogP contribution in [-0.4, -0.2) is 41.0 Å². The van der Waals surface area contributed by atoms with Gasteiger partial charge in [-0.05, 0) is 47.2 Å². The molecule has 3 aromatic rings. The standard InChI is InChI=1S/C26H25N3O5S/c30-26(27-17-19-7-1-3-9-23(19)24-10-4-2-8-20(24)18-27)25-11-5-6-16-28(25)35(33,34)22-14-12-21(13-15-22)29(31)32/h1-4,7-10,12-15,25H,5-6,11,16-18H2. The van der Waals surface area contributed by atoms with Crippen LogP contribution in [-0.2, 0) is 27.9 Å². The van der Waals surface area contributed by atoms with Gasteiger partial charge in [0, 0.05) is 31.8 Å². The van der Waals surface area contributed by atoms with Crippen molar-refractivity contribution < 1.29 is 18.1 Å². The predicted molar refractivity (Wildman–Crippen MR) is 131 cm³/mol. The fourth-order valence-electron chi connectivity index (χ4n) is 4.99. The van der Waals surface area contributed by atoms with Crippen LogP contribution in [0, 0.1) is 10.1 Å². The van der Waals surface area contributed by atoms with Gasteiger partial charge in [-0.25, -0.2) is 8.42 Å². The second kappa shape index (κ2) is 9.24. The molecule has 0 N–H and O–H groups in total. The molecule has 180 valence electrons. The van der Waals surface area contributed by atoms with Crippen molar-refractivity contribution in [1.29, 1.82) is 0 Å². The Morgan fingerprint density at radius 1 is 0.857 bits per heavy atom. The van der Waals surface area contributed by atoms with Crippen LogP contribution in [0.4, 0.5) is 5.69 Å². The number of non-ortho nitro benzene ring substituents is 1. The summed E-state index contributed by atoms with van der Waals surface area (Å²) < 4.78 is 28.3. The van der Waals surface area contributed by atoms with E-state index in [0.29, 0.717) is 25.9 Å². The highest BCUT2D eigenvalue weighted by molar-refractivity contribution is 7.89. The SMILES string of the molecule is O=C(C1CCCCN1S(=O)(=O)c1ccc([N+](=O)[O-])cc1)N1Cc2ccccc2-c2ccccc2C1. The molecule has 2 aliphatic heterocycles. The molecule has 8 nitrogen and oxygen atoms in total. The molecule has 0 bridgehead atoms. The molecule has 1 saturated heterocycles. The van der Waals surface area contributed by atoms with Crippen LogP contribution in [0.5, 0.6) is 0 Å². The smallest absolute Gasteiger partial charge is 0.269 e. The Balaban J connectivity index is 1.48. The molecule has 35 heavy (non-hydrogen) atoms. The first-order chi connectivity index (χ1) is 16.9. The van der Waals surface area contributed by atoms with E-state index in [1.165, 1.54) is 28.6 Å². The zero-order valence-corrected chi connectivity index (χ0v) is 19.9. The van der Waals surface area contributed by atoms with Gasteiger partial charge in [0.25, 0.3) is 5.69 Å². The lowest BCUT2D eigenvalue weighted by Crippen LogP contribution is -2.52. The number of nitro groups is 1. The average Bonchev–Trinajstić information content (AvgIpc) is 3.05. The van der Waals surface area contributed by atoms with E-state index in [0.717, 1.165) is 28.7 Å². The topological polar surface area (TPSA) is 101 Å². The zero-order valence-electron chi connectivity index (χ0n) is 19.0. The van der Waals surface area contributed by atoms with E-state index in [1.54, 1.807) is 4.90 Å². The molecule has 2 aliphatic rings. The fourth-order valence-corrected chi connectivity index (χ4v) is 6.64. The Morgan fingerprint density at radius 3 is 2.00 bits per heavy atom. The summed E-state index contributed by atoms with van der Waals surface area (Å²) in [6, 6.07) is 20.0. The molecule has 5 rings (SSSR count). The Kier molecular flexibility index (Phi) is 6.12. The number of hydrogen-bond acceptors (Lipinski definition) is 5. The second-order valence-electron chi connectivity index (χ2n) is 8.89. The number of benzene rings is 3. The van der Waals surface area contributed by atoms with Gasteiger partial charge in [0.1, 0.15) is 6.04 Å². The highest BCUT2D eigenvalue weighted by Crippen LogP contribution is 2.34. The fraction of sp³-hybridized carbons (Fsp3) is 0.269. The summed E-state index contributed by atoms with van der Waals surface area (Å²) in [7, 11) is -4.00. The van der Waals surface area contributed by atoms with Gasteiger partial charge >= 0.3 is 0 Å². The molecule has 2 heterocycles. The highest BCUT2D eigenvalue weighted by Gasteiger charge is 2.40. The largest absolute Gasteiger partial charge is 0.333 e. The van der Waals surface area contributed by atoms with E-state index in [9.17, 15) is 23.3 Å². The Labute approximate surface area is 204 Å². The summed E-state index contributed by atoms with van der Waals surface area (Å²) in [6.07, 6.45) is 1.84. The molecule has 1 unspecified atom stereocenters. The second-order valence-corrected chi connectivity index (χ2v) is 10.8. The number of piperidine rings is 1. The third kappa shape index (κ3) is 4.33. The van der Waals surface area contributed by atoms with Crippen LogP contribution in [0.15, 0.2) is 77.7 Å². The minimum atomic E-state index is -4.00. The van der Waals surface area contributed by atoms with Crippen molar-refractivity contribution in [2.24, 2.45) is 0 Å². The first-order valence-electron chi connectivity index (χ1n) is 11.6. The molecule has 0 saturated carbocycles. The average molecular weight is 492 g/mol. The van der Waals surface area contributed by atoms with Gasteiger partial charge in [-0.15, -0.1) is 0 Å². The van der Waals surface area contributed by atoms with Crippen molar-refractivity contribution in [1.82, 2.24) is 9.21 Å². The normalized spacial score (nSPS) is 18.3. The maximum atomic E-state index is 13.9. The number of sulfonamides is 1. The third-order valence-corrected chi connectivity index (χ3v) is 8.67. The first-order valence-corrected chi connectivity index (χ1v) is 13.0. The molecule has 3 aromatic carbocycles. The first kappa shape index (κ1) is 23.2. The molecule has 0 spiro atoms. The van der Waals surface area contributed by atoms with Crippen molar-refractivity contribution in [2.75, 3.05) is 6.54 Å². The van der Waals surface area contributed by atoms with Gasteiger partial charge in [0.15, 0.2) is 0 Å². The maximum absolute atomic E-state index is 13.9. The van der Waals surface area contributed by atoms with Gasteiger partial charge < -0.3 is 4.90 Å². The van der Waals surface area contributed by atoms with Crippen molar-refractivity contribution in [3.8, 4) is 11.1 Å². The lowest BCUT2D eigenvalue weighted by atomic mass is 9.97. The van der Waals surface area contributed by atoms with Gasteiger partial charge in [-0.2, -0.15) is 4.31 Å². The van der Waals surface area contributed by atoms with Crippen LogP contribution in [0.3, 0.4) is 0 Å². The zero-order chi connectivity index (χ0) is 24.6.